The highest BCUT2D eigenvalue weighted by atomic mass is 19.4. The number of carbonyl (C=O) groups is 3. The topological polar surface area (TPSA) is 72.9 Å². The van der Waals surface area contributed by atoms with Crippen molar-refractivity contribution in [3.63, 3.8) is 0 Å². The number of hydrogen-bond acceptors (Lipinski definition) is 5. The van der Waals surface area contributed by atoms with Crippen LogP contribution in [0.5, 0.6) is 11.5 Å². The fourth-order valence-electron chi connectivity index (χ4n) is 4.48. The molecule has 6 nitrogen and oxygen atoms in total. The molecule has 0 aromatic heterocycles. The summed E-state index contributed by atoms with van der Waals surface area (Å²) in [5, 5.41) is 0. The Bertz CT molecular complexity index is 1120. The number of alkyl halides is 3. The Morgan fingerprint density at radius 2 is 1.72 bits per heavy atom. The smallest absolute Gasteiger partial charge is 0.420 e. The Balaban J connectivity index is 2.01. The number of anilines is 1. The second-order valence-corrected chi connectivity index (χ2v) is 9.40. The summed E-state index contributed by atoms with van der Waals surface area (Å²) < 4.78 is 51.1. The molecule has 0 N–H and O–H groups in total. The molecule has 36 heavy (non-hydrogen) atoms. The Kier molecular flexibility index (Phi) is 8.43. The van der Waals surface area contributed by atoms with Crippen LogP contribution in [-0.2, 0) is 15.7 Å². The summed E-state index contributed by atoms with van der Waals surface area (Å²) in [6, 6.07) is 6.82. The minimum atomic E-state index is -4.77. The normalized spacial score (nSPS) is 18.0. The second kappa shape index (κ2) is 11.1. The van der Waals surface area contributed by atoms with E-state index in [0.717, 1.165) is 31.7 Å². The van der Waals surface area contributed by atoms with Gasteiger partial charge in [-0.2, -0.15) is 13.2 Å². The molecular weight excluding hydrogens is 475 g/mol. The molecule has 0 atom stereocenters. The van der Waals surface area contributed by atoms with Crippen LogP contribution in [0.1, 0.15) is 72.7 Å². The number of ether oxygens (including phenoxy) is 2. The average Bonchev–Trinajstić information content (AvgIpc) is 2.84. The van der Waals surface area contributed by atoms with Gasteiger partial charge in [0, 0.05) is 17.5 Å². The van der Waals surface area contributed by atoms with Crippen LogP contribution < -0.4 is 9.64 Å². The molecule has 2 aromatic carbocycles. The van der Waals surface area contributed by atoms with Crippen molar-refractivity contribution in [3.8, 4) is 11.5 Å². The molecular formula is C27H30F3NO5. The molecule has 0 bridgehead atoms. The number of esters is 1. The second-order valence-electron chi connectivity index (χ2n) is 9.40. The van der Waals surface area contributed by atoms with E-state index in [-0.39, 0.29) is 34.7 Å². The van der Waals surface area contributed by atoms with E-state index in [4.69, 9.17) is 9.47 Å². The van der Waals surface area contributed by atoms with Gasteiger partial charge in [-0.15, -0.1) is 0 Å². The number of carbonyl (C=O) groups excluding carboxylic acids is 3. The molecule has 0 radical (unpaired) electrons. The van der Waals surface area contributed by atoms with Crippen molar-refractivity contribution in [2.75, 3.05) is 12.0 Å². The maximum absolute atomic E-state index is 13.6. The predicted molar refractivity (Wildman–Crippen MR) is 128 cm³/mol. The molecule has 1 saturated carbocycles. The van der Waals surface area contributed by atoms with Gasteiger partial charge in [-0.3, -0.25) is 9.59 Å². The van der Waals surface area contributed by atoms with Crippen LogP contribution in [0.25, 0.3) is 0 Å². The highest BCUT2D eigenvalue weighted by molar-refractivity contribution is 6.04. The van der Waals surface area contributed by atoms with E-state index in [2.05, 4.69) is 6.92 Å². The van der Waals surface area contributed by atoms with Gasteiger partial charge < -0.3 is 14.4 Å². The number of methoxy groups -OCH3 is 1. The zero-order valence-electron chi connectivity index (χ0n) is 20.7. The fourth-order valence-corrected chi connectivity index (χ4v) is 4.48. The minimum Gasteiger partial charge on any atom is -0.465 e. The number of rotatable bonds is 7. The van der Waals surface area contributed by atoms with Gasteiger partial charge >= 0.3 is 12.1 Å². The van der Waals surface area contributed by atoms with Gasteiger partial charge in [0.25, 0.3) is 0 Å². The number of benzene rings is 2. The molecule has 1 aliphatic carbocycles. The summed E-state index contributed by atoms with van der Waals surface area (Å²) in [6.45, 7) is 5.82. The molecule has 0 heterocycles. The first kappa shape index (κ1) is 27.2. The van der Waals surface area contributed by atoms with Gasteiger partial charge in [0.1, 0.15) is 17.8 Å². The summed E-state index contributed by atoms with van der Waals surface area (Å²) in [5.41, 5.74) is -0.968. The number of nitrogens with zero attached hydrogens (tertiary/aromatic N) is 1. The first-order valence-corrected chi connectivity index (χ1v) is 11.9. The molecule has 3 rings (SSSR count). The van der Waals surface area contributed by atoms with Crippen LogP contribution in [-0.4, -0.2) is 31.3 Å². The van der Waals surface area contributed by atoms with Crippen molar-refractivity contribution in [2.24, 2.45) is 11.8 Å². The van der Waals surface area contributed by atoms with E-state index in [1.54, 1.807) is 4.90 Å². The zero-order chi connectivity index (χ0) is 26.6. The van der Waals surface area contributed by atoms with Crippen molar-refractivity contribution in [2.45, 2.75) is 58.7 Å². The van der Waals surface area contributed by atoms with Crippen LogP contribution in [0.4, 0.5) is 18.9 Å². The Labute approximate surface area is 208 Å². The average molecular weight is 506 g/mol. The van der Waals surface area contributed by atoms with Crippen molar-refractivity contribution in [3.05, 3.63) is 53.1 Å². The SMILES string of the molecule is COC(=O)c1cc(Oc2ccc(C=O)cc2C(F)(F)F)ccc1N(C(=O)[C@H]1CC[C@H](C)CC1)C(C)C. The lowest BCUT2D eigenvalue weighted by Crippen LogP contribution is -2.43. The van der Waals surface area contributed by atoms with Crippen LogP contribution >= 0.6 is 0 Å². The summed E-state index contributed by atoms with van der Waals surface area (Å²) in [4.78, 5) is 38.7. The van der Waals surface area contributed by atoms with Gasteiger partial charge in [-0.1, -0.05) is 6.92 Å². The lowest BCUT2D eigenvalue weighted by Gasteiger charge is -2.34. The minimum absolute atomic E-state index is 0.000650. The number of amides is 1. The predicted octanol–water partition coefficient (Wildman–Crippen LogP) is 6.66. The molecule has 0 spiro atoms. The largest absolute Gasteiger partial charge is 0.465 e. The highest BCUT2D eigenvalue weighted by Crippen LogP contribution is 2.40. The first-order valence-electron chi connectivity index (χ1n) is 11.9. The van der Waals surface area contributed by atoms with Gasteiger partial charge in [0.05, 0.1) is 23.9 Å². The third kappa shape index (κ3) is 6.06. The fraction of sp³-hybridized carbons (Fsp3) is 0.444. The van der Waals surface area contributed by atoms with Gasteiger partial charge in [0.15, 0.2) is 0 Å². The molecule has 9 heteroatoms. The van der Waals surface area contributed by atoms with Crippen LogP contribution in [0.15, 0.2) is 36.4 Å². The summed E-state index contributed by atoms with van der Waals surface area (Å²) >= 11 is 0. The maximum Gasteiger partial charge on any atom is 0.420 e. The molecule has 0 aliphatic heterocycles. The van der Waals surface area contributed by atoms with E-state index >= 15 is 0 Å². The lowest BCUT2D eigenvalue weighted by atomic mass is 9.82. The third-order valence-corrected chi connectivity index (χ3v) is 6.42. The van der Waals surface area contributed by atoms with E-state index < -0.39 is 23.5 Å². The van der Waals surface area contributed by atoms with Crippen LogP contribution in [0.3, 0.4) is 0 Å². The standard InChI is InChI=1S/C27H30F3NO5/c1-16(2)31(25(33)19-8-5-17(3)6-9-19)23-11-10-20(14-21(23)26(34)35-4)36-24-12-7-18(15-32)13-22(24)27(28,29)30/h7,10-17,19H,5-6,8-9H2,1-4H3/t17-,19-. The lowest BCUT2D eigenvalue weighted by molar-refractivity contribution is -0.138. The molecule has 1 amide bonds. The Morgan fingerprint density at radius 1 is 1.06 bits per heavy atom. The first-order chi connectivity index (χ1) is 17.0. The third-order valence-electron chi connectivity index (χ3n) is 6.42. The van der Waals surface area contributed by atoms with Crippen LogP contribution in [0, 0.1) is 11.8 Å². The van der Waals surface area contributed by atoms with Crippen LogP contribution in [0.2, 0.25) is 0 Å². The van der Waals surface area contributed by atoms with E-state index in [9.17, 15) is 27.6 Å². The van der Waals surface area contributed by atoms with Crippen molar-refractivity contribution in [1.29, 1.82) is 0 Å². The molecule has 1 aliphatic rings. The van der Waals surface area contributed by atoms with E-state index in [0.29, 0.717) is 24.0 Å². The van der Waals surface area contributed by atoms with Crippen molar-refractivity contribution >= 4 is 23.9 Å². The number of halogens is 3. The Morgan fingerprint density at radius 3 is 2.28 bits per heavy atom. The van der Waals surface area contributed by atoms with Gasteiger partial charge in [0.2, 0.25) is 5.91 Å². The number of aldehydes is 1. The molecule has 0 unspecified atom stereocenters. The van der Waals surface area contributed by atoms with E-state index in [1.807, 2.05) is 13.8 Å². The maximum atomic E-state index is 13.6. The summed E-state index contributed by atoms with van der Waals surface area (Å²) in [7, 11) is 1.18. The zero-order valence-corrected chi connectivity index (χ0v) is 20.7. The Hall–Kier alpha value is -3.36. The molecule has 2 aromatic rings. The molecule has 1 fully saturated rings. The molecule has 194 valence electrons. The molecule has 0 saturated heterocycles. The summed E-state index contributed by atoms with van der Waals surface area (Å²) in [5.74, 6) is -1.03. The van der Waals surface area contributed by atoms with Gasteiger partial charge in [-0.05, 0) is 81.8 Å². The monoisotopic (exact) mass is 505 g/mol. The quantitative estimate of drug-likeness (QED) is 0.311. The van der Waals surface area contributed by atoms with E-state index in [1.165, 1.54) is 31.4 Å². The van der Waals surface area contributed by atoms with Crippen molar-refractivity contribution in [1.82, 2.24) is 0 Å². The highest BCUT2D eigenvalue weighted by Gasteiger charge is 2.36. The van der Waals surface area contributed by atoms with Gasteiger partial charge in [-0.25, -0.2) is 4.79 Å². The summed E-state index contributed by atoms with van der Waals surface area (Å²) in [6.07, 6.45) is -1.04. The van der Waals surface area contributed by atoms with Crippen molar-refractivity contribution < 1.29 is 37.0 Å². The number of hydrogen-bond donors (Lipinski definition) is 0.